The highest BCUT2D eigenvalue weighted by Gasteiger charge is 2.45. The summed E-state index contributed by atoms with van der Waals surface area (Å²) in [4.78, 5) is 25.9. The second-order valence-corrected chi connectivity index (χ2v) is 5.88. The average Bonchev–Trinajstić information content (AvgIpc) is 3.08. The molecule has 1 aliphatic rings. The minimum absolute atomic E-state index is 0.311. The van der Waals surface area contributed by atoms with Crippen molar-refractivity contribution in [3.05, 3.63) is 12.7 Å². The Morgan fingerprint density at radius 2 is 2.17 bits per heavy atom. The van der Waals surface area contributed by atoms with Crippen molar-refractivity contribution in [1.82, 2.24) is 24.8 Å². The standard InChI is InChI=1S/C14H20N6O4/c1-7(22)18-9-8(4-21)24-14(11(9)23)20-6-17-10-12(19(2)3)15-5-16-13(10)20/h5-6,8-9,11,14,21,23H,4H2,1-3H3,(H,18,22). The summed E-state index contributed by atoms with van der Waals surface area (Å²) in [6.07, 6.45) is 0.313. The number of aromatic nitrogens is 4. The summed E-state index contributed by atoms with van der Waals surface area (Å²) in [5.74, 6) is 0.331. The average molecular weight is 336 g/mol. The van der Waals surface area contributed by atoms with E-state index in [0.717, 1.165) is 0 Å². The summed E-state index contributed by atoms with van der Waals surface area (Å²) >= 11 is 0. The summed E-state index contributed by atoms with van der Waals surface area (Å²) in [6, 6.07) is -0.717. The monoisotopic (exact) mass is 336 g/mol. The summed E-state index contributed by atoms with van der Waals surface area (Å²) in [5.41, 5.74) is 1.07. The maximum absolute atomic E-state index is 11.3. The third-order valence-electron chi connectivity index (χ3n) is 3.96. The number of nitrogens with one attached hydrogen (secondary N) is 1. The second-order valence-electron chi connectivity index (χ2n) is 5.88. The van der Waals surface area contributed by atoms with Crippen LogP contribution in [0.15, 0.2) is 12.7 Å². The van der Waals surface area contributed by atoms with E-state index in [0.29, 0.717) is 17.0 Å². The molecule has 3 heterocycles. The van der Waals surface area contributed by atoms with Crippen molar-refractivity contribution < 1.29 is 19.7 Å². The summed E-state index contributed by atoms with van der Waals surface area (Å²) in [7, 11) is 3.69. The number of carbonyl (C=O) groups is 1. The van der Waals surface area contributed by atoms with Gasteiger partial charge < -0.3 is 25.2 Å². The van der Waals surface area contributed by atoms with Crippen LogP contribution in [0.1, 0.15) is 13.2 Å². The Bertz CT molecular complexity index is 748. The summed E-state index contributed by atoms with van der Waals surface area (Å²) < 4.78 is 7.31. The molecule has 0 aromatic carbocycles. The van der Waals surface area contributed by atoms with Crippen LogP contribution >= 0.6 is 0 Å². The minimum atomic E-state index is -1.05. The number of amides is 1. The fraction of sp³-hybridized carbons (Fsp3) is 0.571. The van der Waals surface area contributed by atoms with Gasteiger partial charge in [0, 0.05) is 21.0 Å². The summed E-state index contributed by atoms with van der Waals surface area (Å²) in [6.45, 7) is 1.01. The molecule has 0 saturated carbocycles. The van der Waals surface area contributed by atoms with Gasteiger partial charge in [0.25, 0.3) is 0 Å². The van der Waals surface area contributed by atoms with Gasteiger partial charge in [-0.15, -0.1) is 0 Å². The van der Waals surface area contributed by atoms with E-state index in [9.17, 15) is 15.0 Å². The first-order chi connectivity index (χ1) is 11.4. The predicted molar refractivity (Wildman–Crippen MR) is 84.3 cm³/mol. The van der Waals surface area contributed by atoms with E-state index in [1.165, 1.54) is 19.6 Å². The van der Waals surface area contributed by atoms with Gasteiger partial charge in [0.2, 0.25) is 5.91 Å². The number of fused-ring (bicyclic) bond motifs is 1. The normalized spacial score (nSPS) is 26.7. The van der Waals surface area contributed by atoms with Crippen molar-refractivity contribution in [1.29, 1.82) is 0 Å². The molecule has 4 atom stereocenters. The molecule has 3 N–H and O–H groups in total. The number of ether oxygens (including phenoxy) is 1. The van der Waals surface area contributed by atoms with Gasteiger partial charge >= 0.3 is 0 Å². The lowest BCUT2D eigenvalue weighted by molar-refractivity contribution is -0.120. The van der Waals surface area contributed by atoms with E-state index in [1.807, 2.05) is 19.0 Å². The number of aliphatic hydroxyl groups excluding tert-OH is 2. The quantitative estimate of drug-likeness (QED) is 0.625. The van der Waals surface area contributed by atoms with Crippen molar-refractivity contribution in [3.8, 4) is 0 Å². The van der Waals surface area contributed by atoms with Crippen molar-refractivity contribution in [2.45, 2.75) is 31.4 Å². The molecule has 1 aliphatic heterocycles. The molecule has 2 aromatic heterocycles. The Hall–Kier alpha value is -2.30. The largest absolute Gasteiger partial charge is 0.394 e. The zero-order valence-electron chi connectivity index (χ0n) is 13.6. The van der Waals surface area contributed by atoms with Gasteiger partial charge in [-0.1, -0.05) is 0 Å². The number of rotatable bonds is 4. The minimum Gasteiger partial charge on any atom is -0.394 e. The molecule has 1 amide bonds. The number of hydrogen-bond acceptors (Lipinski definition) is 8. The van der Waals surface area contributed by atoms with Crippen molar-refractivity contribution >= 4 is 22.9 Å². The number of aliphatic hydroxyl groups is 2. The Morgan fingerprint density at radius 3 is 2.79 bits per heavy atom. The first-order valence-corrected chi connectivity index (χ1v) is 7.50. The molecular formula is C14H20N6O4. The molecule has 0 radical (unpaired) electrons. The number of hydrogen-bond donors (Lipinski definition) is 3. The highest BCUT2D eigenvalue weighted by atomic mass is 16.5. The van der Waals surface area contributed by atoms with E-state index in [2.05, 4.69) is 20.3 Å². The molecule has 0 bridgehead atoms. The molecule has 3 rings (SSSR count). The maximum Gasteiger partial charge on any atom is 0.217 e. The lowest BCUT2D eigenvalue weighted by atomic mass is 10.1. The fourth-order valence-electron chi connectivity index (χ4n) is 2.89. The van der Waals surface area contributed by atoms with Crippen molar-refractivity contribution in [3.63, 3.8) is 0 Å². The van der Waals surface area contributed by atoms with Gasteiger partial charge in [-0.2, -0.15) is 0 Å². The van der Waals surface area contributed by atoms with Crippen LogP contribution in [0.5, 0.6) is 0 Å². The van der Waals surface area contributed by atoms with Crippen LogP contribution in [0.3, 0.4) is 0 Å². The van der Waals surface area contributed by atoms with Crippen LogP contribution in [0, 0.1) is 0 Å². The van der Waals surface area contributed by atoms with Crippen LogP contribution < -0.4 is 10.2 Å². The molecule has 4 unspecified atom stereocenters. The Labute approximate surface area is 138 Å². The SMILES string of the molecule is CC(=O)NC1C(CO)OC(n2cnc3c(N(C)C)ncnc32)C1O. The van der Waals surface area contributed by atoms with Crippen LogP contribution in [0.2, 0.25) is 0 Å². The van der Waals surface area contributed by atoms with Gasteiger partial charge in [-0.25, -0.2) is 15.0 Å². The number of imidazole rings is 1. The van der Waals surface area contributed by atoms with E-state index in [-0.39, 0.29) is 12.5 Å². The lowest BCUT2D eigenvalue weighted by Gasteiger charge is -2.20. The van der Waals surface area contributed by atoms with Gasteiger partial charge in [0.15, 0.2) is 23.2 Å². The maximum atomic E-state index is 11.3. The Kier molecular flexibility index (Phi) is 4.35. The number of anilines is 1. The van der Waals surface area contributed by atoms with Gasteiger partial charge in [-0.05, 0) is 0 Å². The molecule has 2 aromatic rings. The molecule has 0 aliphatic carbocycles. The van der Waals surface area contributed by atoms with Crippen molar-refractivity contribution in [2.24, 2.45) is 0 Å². The fourth-order valence-corrected chi connectivity index (χ4v) is 2.89. The van der Waals surface area contributed by atoms with Crippen LogP contribution in [-0.4, -0.2) is 74.6 Å². The molecular weight excluding hydrogens is 316 g/mol. The highest BCUT2D eigenvalue weighted by molar-refractivity contribution is 5.83. The van der Waals surface area contributed by atoms with Crippen molar-refractivity contribution in [2.75, 3.05) is 25.6 Å². The third-order valence-corrected chi connectivity index (χ3v) is 3.96. The Morgan fingerprint density at radius 1 is 1.42 bits per heavy atom. The topological polar surface area (TPSA) is 126 Å². The molecule has 1 fully saturated rings. The summed E-state index contributed by atoms with van der Waals surface area (Å²) in [5, 5.41) is 22.6. The van der Waals surface area contributed by atoms with Gasteiger partial charge in [-0.3, -0.25) is 9.36 Å². The Balaban J connectivity index is 1.99. The molecule has 1 saturated heterocycles. The smallest absolute Gasteiger partial charge is 0.217 e. The zero-order chi connectivity index (χ0) is 17.4. The first-order valence-electron chi connectivity index (χ1n) is 7.50. The first kappa shape index (κ1) is 16.6. The van der Waals surface area contributed by atoms with Crippen LogP contribution in [-0.2, 0) is 9.53 Å². The number of nitrogens with zero attached hydrogens (tertiary/aromatic N) is 5. The van der Waals surface area contributed by atoms with Gasteiger partial charge in [0.1, 0.15) is 18.5 Å². The van der Waals surface area contributed by atoms with Crippen LogP contribution in [0.4, 0.5) is 5.82 Å². The second kappa shape index (κ2) is 6.30. The van der Waals surface area contributed by atoms with Crippen LogP contribution in [0.25, 0.3) is 11.2 Å². The molecule has 130 valence electrons. The molecule has 10 heteroatoms. The predicted octanol–water partition coefficient (Wildman–Crippen LogP) is -1.35. The molecule has 10 nitrogen and oxygen atoms in total. The van der Waals surface area contributed by atoms with E-state index in [1.54, 1.807) is 4.57 Å². The highest BCUT2D eigenvalue weighted by Crippen LogP contribution is 2.32. The van der Waals surface area contributed by atoms with E-state index in [4.69, 9.17) is 4.74 Å². The zero-order valence-corrected chi connectivity index (χ0v) is 13.6. The van der Waals surface area contributed by atoms with E-state index < -0.39 is 24.5 Å². The van der Waals surface area contributed by atoms with E-state index >= 15 is 0 Å². The van der Waals surface area contributed by atoms with Gasteiger partial charge in [0.05, 0.1) is 19.0 Å². The lowest BCUT2D eigenvalue weighted by Crippen LogP contribution is -2.47. The third kappa shape index (κ3) is 2.68. The molecule has 0 spiro atoms. The molecule has 24 heavy (non-hydrogen) atoms. The number of carbonyl (C=O) groups excluding carboxylic acids is 1.